The number of carbonyl (C=O) groups excluding carboxylic acids is 1. The Kier molecular flexibility index (Phi) is 5.84. The Labute approximate surface area is 136 Å². The largest absolute Gasteiger partial charge is 0.480 e. The number of amides is 1. The van der Waals surface area contributed by atoms with E-state index < -0.39 is 5.97 Å². The van der Waals surface area contributed by atoms with E-state index in [1.807, 2.05) is 6.92 Å². The molecule has 0 aliphatic rings. The molecule has 0 fully saturated rings. The van der Waals surface area contributed by atoms with Crippen LogP contribution in [0.2, 0.25) is 0 Å². The first-order valence-electron chi connectivity index (χ1n) is 6.91. The van der Waals surface area contributed by atoms with E-state index in [4.69, 9.17) is 9.84 Å². The predicted molar refractivity (Wildman–Crippen MR) is 85.2 cm³/mol. The van der Waals surface area contributed by atoms with Crippen molar-refractivity contribution in [3.8, 4) is 10.4 Å². The first kappa shape index (κ1) is 17.1. The van der Waals surface area contributed by atoms with Crippen molar-refractivity contribution in [2.24, 2.45) is 0 Å². The van der Waals surface area contributed by atoms with E-state index in [1.165, 1.54) is 23.5 Å². The highest BCUT2D eigenvalue weighted by atomic mass is 32.1. The summed E-state index contributed by atoms with van der Waals surface area (Å²) < 4.78 is 17.8. The van der Waals surface area contributed by atoms with Gasteiger partial charge in [-0.3, -0.25) is 4.79 Å². The van der Waals surface area contributed by atoms with Crippen LogP contribution in [-0.2, 0) is 9.53 Å². The maximum Gasteiger partial charge on any atom is 0.329 e. The smallest absolute Gasteiger partial charge is 0.329 e. The molecule has 0 saturated heterocycles. The Hall–Kier alpha value is -2.25. The third kappa shape index (κ3) is 4.87. The lowest BCUT2D eigenvalue weighted by molar-refractivity contribution is -0.142. The van der Waals surface area contributed by atoms with Crippen LogP contribution < -0.4 is 5.32 Å². The van der Waals surface area contributed by atoms with E-state index in [0.29, 0.717) is 4.88 Å². The van der Waals surface area contributed by atoms with Gasteiger partial charge in [0.05, 0.1) is 11.5 Å². The molecule has 0 spiro atoms. The van der Waals surface area contributed by atoms with Crippen LogP contribution in [0, 0.1) is 12.7 Å². The van der Waals surface area contributed by atoms with Crippen molar-refractivity contribution in [3.05, 3.63) is 46.6 Å². The molecule has 1 amide bonds. The summed E-state index contributed by atoms with van der Waals surface area (Å²) in [5, 5.41) is 11.1. The molecule has 23 heavy (non-hydrogen) atoms. The highest BCUT2D eigenvalue weighted by Gasteiger charge is 2.13. The molecular formula is C16H16FNO4S. The van der Waals surface area contributed by atoms with Gasteiger partial charge in [0, 0.05) is 11.4 Å². The van der Waals surface area contributed by atoms with Crippen molar-refractivity contribution in [2.45, 2.75) is 6.92 Å². The van der Waals surface area contributed by atoms with E-state index in [9.17, 15) is 14.0 Å². The summed E-state index contributed by atoms with van der Waals surface area (Å²) in [5.41, 5.74) is 1.80. The predicted octanol–water partition coefficient (Wildman–Crippen LogP) is 2.69. The summed E-state index contributed by atoms with van der Waals surface area (Å²) in [5.74, 6) is -1.60. The molecule has 1 aromatic heterocycles. The summed E-state index contributed by atoms with van der Waals surface area (Å²) in [6, 6.07) is 7.89. The van der Waals surface area contributed by atoms with Gasteiger partial charge in [-0.25, -0.2) is 9.18 Å². The molecule has 2 N–H and O–H groups in total. The number of hydrogen-bond donors (Lipinski definition) is 2. The SMILES string of the molecule is Cc1cc(C(=O)NCCOCC(=O)O)sc1-c1ccc(F)cc1. The molecule has 0 saturated carbocycles. The molecule has 0 unspecified atom stereocenters. The summed E-state index contributed by atoms with van der Waals surface area (Å²) >= 11 is 1.33. The number of benzene rings is 1. The van der Waals surface area contributed by atoms with Crippen LogP contribution >= 0.6 is 11.3 Å². The standard InChI is InChI=1S/C16H16FNO4S/c1-10-8-13(16(21)18-6-7-22-9-14(19)20)23-15(10)11-2-4-12(17)5-3-11/h2-5,8H,6-7,9H2,1H3,(H,18,21)(H,19,20). The van der Waals surface area contributed by atoms with E-state index in [0.717, 1.165) is 16.0 Å². The van der Waals surface area contributed by atoms with Crippen LogP contribution in [0.3, 0.4) is 0 Å². The molecule has 5 nitrogen and oxygen atoms in total. The number of carboxylic acid groups (broad SMARTS) is 1. The highest BCUT2D eigenvalue weighted by molar-refractivity contribution is 7.17. The molecule has 0 aliphatic carbocycles. The lowest BCUT2D eigenvalue weighted by atomic mass is 10.1. The van der Waals surface area contributed by atoms with Gasteiger partial charge in [-0.2, -0.15) is 0 Å². The van der Waals surface area contributed by atoms with Crippen molar-refractivity contribution in [3.63, 3.8) is 0 Å². The minimum atomic E-state index is -1.05. The van der Waals surface area contributed by atoms with Crippen LogP contribution in [0.25, 0.3) is 10.4 Å². The van der Waals surface area contributed by atoms with Crippen LogP contribution in [0.15, 0.2) is 30.3 Å². The van der Waals surface area contributed by atoms with Gasteiger partial charge in [0.2, 0.25) is 0 Å². The summed E-state index contributed by atoms with van der Waals surface area (Å²) in [6.45, 7) is 1.87. The minimum Gasteiger partial charge on any atom is -0.480 e. The van der Waals surface area contributed by atoms with Crippen LogP contribution in [0.1, 0.15) is 15.2 Å². The van der Waals surface area contributed by atoms with E-state index in [1.54, 1.807) is 18.2 Å². The van der Waals surface area contributed by atoms with Gasteiger partial charge in [-0.05, 0) is 36.2 Å². The van der Waals surface area contributed by atoms with E-state index in [2.05, 4.69) is 5.32 Å². The number of ether oxygens (including phenoxy) is 1. The fraction of sp³-hybridized carbons (Fsp3) is 0.250. The second kappa shape index (κ2) is 7.85. The number of carbonyl (C=O) groups is 2. The quantitative estimate of drug-likeness (QED) is 0.762. The Bertz CT molecular complexity index is 697. The summed E-state index contributed by atoms with van der Waals surface area (Å²) in [6.07, 6.45) is 0. The first-order valence-corrected chi connectivity index (χ1v) is 7.73. The lowest BCUT2D eigenvalue weighted by Crippen LogP contribution is -2.27. The molecule has 0 radical (unpaired) electrons. The Morgan fingerprint density at radius 1 is 1.30 bits per heavy atom. The fourth-order valence-electron chi connectivity index (χ4n) is 1.97. The molecule has 2 rings (SSSR count). The molecule has 1 aromatic carbocycles. The maximum absolute atomic E-state index is 13.0. The van der Waals surface area contributed by atoms with Crippen LogP contribution in [0.5, 0.6) is 0 Å². The third-order valence-corrected chi connectivity index (χ3v) is 4.29. The average molecular weight is 337 g/mol. The number of nitrogens with one attached hydrogen (secondary N) is 1. The number of thiophene rings is 1. The van der Waals surface area contributed by atoms with Crippen LogP contribution in [0.4, 0.5) is 4.39 Å². The summed E-state index contributed by atoms with van der Waals surface area (Å²) in [7, 11) is 0. The van der Waals surface area contributed by atoms with Crippen molar-refractivity contribution in [2.75, 3.05) is 19.8 Å². The van der Waals surface area contributed by atoms with E-state index in [-0.39, 0.29) is 31.5 Å². The molecule has 1 heterocycles. The first-order chi connectivity index (χ1) is 11.0. The number of halogens is 1. The molecular weight excluding hydrogens is 321 g/mol. The average Bonchev–Trinajstić information content (AvgIpc) is 2.89. The monoisotopic (exact) mass is 337 g/mol. The third-order valence-electron chi connectivity index (χ3n) is 3.01. The number of hydrogen-bond acceptors (Lipinski definition) is 4. The van der Waals surface area contributed by atoms with Gasteiger partial charge in [-0.1, -0.05) is 12.1 Å². The Morgan fingerprint density at radius 3 is 2.65 bits per heavy atom. The second-order valence-electron chi connectivity index (χ2n) is 4.83. The fourth-order valence-corrected chi connectivity index (χ4v) is 3.06. The second-order valence-corrected chi connectivity index (χ2v) is 5.88. The number of carboxylic acids is 1. The maximum atomic E-state index is 13.0. The van der Waals surface area contributed by atoms with Gasteiger partial charge in [0.15, 0.2) is 0 Å². The highest BCUT2D eigenvalue weighted by Crippen LogP contribution is 2.32. The number of aryl methyl sites for hydroxylation is 1. The lowest BCUT2D eigenvalue weighted by Gasteiger charge is -2.03. The Morgan fingerprint density at radius 2 is 2.00 bits per heavy atom. The normalized spacial score (nSPS) is 10.5. The molecule has 2 aromatic rings. The van der Waals surface area contributed by atoms with Gasteiger partial charge in [0.1, 0.15) is 12.4 Å². The van der Waals surface area contributed by atoms with Gasteiger partial charge >= 0.3 is 5.97 Å². The Balaban J connectivity index is 1.96. The molecule has 0 atom stereocenters. The van der Waals surface area contributed by atoms with Crippen molar-refractivity contribution >= 4 is 23.2 Å². The zero-order valence-corrected chi connectivity index (χ0v) is 13.3. The summed E-state index contributed by atoms with van der Waals surface area (Å²) in [4.78, 5) is 23.8. The topological polar surface area (TPSA) is 75.6 Å². The molecule has 0 aliphatic heterocycles. The van der Waals surface area contributed by atoms with Crippen LogP contribution in [-0.4, -0.2) is 36.7 Å². The van der Waals surface area contributed by atoms with Gasteiger partial charge in [-0.15, -0.1) is 11.3 Å². The zero-order chi connectivity index (χ0) is 16.8. The van der Waals surface area contributed by atoms with Crippen molar-refractivity contribution in [1.82, 2.24) is 5.32 Å². The minimum absolute atomic E-state index is 0.132. The molecule has 7 heteroatoms. The molecule has 122 valence electrons. The zero-order valence-electron chi connectivity index (χ0n) is 12.5. The van der Waals surface area contributed by atoms with Gasteiger partial charge < -0.3 is 15.2 Å². The number of rotatable bonds is 7. The molecule has 0 bridgehead atoms. The number of aliphatic carboxylic acids is 1. The van der Waals surface area contributed by atoms with Gasteiger partial charge in [0.25, 0.3) is 5.91 Å². The van der Waals surface area contributed by atoms with E-state index >= 15 is 0 Å². The van der Waals surface area contributed by atoms with Crippen molar-refractivity contribution < 1.29 is 23.8 Å². The van der Waals surface area contributed by atoms with Crippen molar-refractivity contribution in [1.29, 1.82) is 0 Å².